The van der Waals surface area contributed by atoms with Gasteiger partial charge >= 0.3 is 0 Å². The Morgan fingerprint density at radius 1 is 1.26 bits per heavy atom. The molecule has 104 valence electrons. The van der Waals surface area contributed by atoms with E-state index < -0.39 is 10.0 Å². The van der Waals surface area contributed by atoms with Crippen LogP contribution in [-0.2, 0) is 23.1 Å². The number of aryl methyl sites for hydroxylation is 1. The third-order valence-electron chi connectivity index (χ3n) is 2.46. The normalized spacial score (nSPS) is 11.7. The molecule has 0 saturated heterocycles. The molecule has 0 aromatic carbocycles. The summed E-state index contributed by atoms with van der Waals surface area (Å²) in [5.74, 6) is 0. The Balaban J connectivity index is 2.16. The lowest BCUT2D eigenvalue weighted by Crippen LogP contribution is -2.12. The number of anilines is 1. The van der Waals surface area contributed by atoms with Gasteiger partial charge in [-0.15, -0.1) is 0 Å². The van der Waals surface area contributed by atoms with Gasteiger partial charge in [-0.05, 0) is 6.92 Å². The Kier molecular flexibility index (Phi) is 3.86. The Morgan fingerprint density at radius 3 is 2.63 bits per heavy atom. The summed E-state index contributed by atoms with van der Waals surface area (Å²) >= 11 is 0. The quantitative estimate of drug-likeness (QED) is 0.771. The van der Waals surface area contributed by atoms with E-state index in [4.69, 9.17) is 5.11 Å². The minimum atomic E-state index is -3.67. The van der Waals surface area contributed by atoms with E-state index in [1.54, 1.807) is 10.9 Å². The molecule has 0 spiro atoms. The SMILES string of the molecule is CCn1cc(NS(=O)(=O)c2cnn(CCO)c2)cn1. The van der Waals surface area contributed by atoms with Gasteiger partial charge in [-0.2, -0.15) is 10.2 Å². The molecule has 0 unspecified atom stereocenters. The second-order valence-corrected chi connectivity index (χ2v) is 5.54. The molecule has 2 aromatic heterocycles. The summed E-state index contributed by atoms with van der Waals surface area (Å²) in [7, 11) is -3.67. The summed E-state index contributed by atoms with van der Waals surface area (Å²) in [6.45, 7) is 2.72. The molecule has 0 saturated carbocycles. The molecule has 8 nitrogen and oxygen atoms in total. The molecule has 0 aliphatic carbocycles. The zero-order valence-electron chi connectivity index (χ0n) is 10.4. The average molecular weight is 285 g/mol. The standard InChI is InChI=1S/C10H15N5O3S/c1-2-14-7-9(5-11-14)13-19(17,18)10-6-12-15(8-10)3-4-16/h5-8,13,16H,2-4H2,1H3. The van der Waals surface area contributed by atoms with Crippen LogP contribution in [0.1, 0.15) is 6.92 Å². The molecule has 0 atom stereocenters. The number of aromatic nitrogens is 4. The van der Waals surface area contributed by atoms with Crippen LogP contribution >= 0.6 is 0 Å². The number of rotatable bonds is 6. The zero-order chi connectivity index (χ0) is 13.9. The number of sulfonamides is 1. The van der Waals surface area contributed by atoms with Gasteiger partial charge in [0, 0.05) is 18.9 Å². The summed E-state index contributed by atoms with van der Waals surface area (Å²) in [6.07, 6.45) is 5.65. The van der Waals surface area contributed by atoms with E-state index in [1.165, 1.54) is 23.3 Å². The van der Waals surface area contributed by atoms with Crippen LogP contribution in [0.3, 0.4) is 0 Å². The van der Waals surface area contributed by atoms with Crippen molar-refractivity contribution in [2.75, 3.05) is 11.3 Å². The van der Waals surface area contributed by atoms with Crippen molar-refractivity contribution >= 4 is 15.7 Å². The summed E-state index contributed by atoms with van der Waals surface area (Å²) < 4.78 is 29.5. The minimum Gasteiger partial charge on any atom is -0.394 e. The van der Waals surface area contributed by atoms with Gasteiger partial charge in [0.2, 0.25) is 0 Å². The largest absolute Gasteiger partial charge is 0.394 e. The summed E-state index contributed by atoms with van der Waals surface area (Å²) in [4.78, 5) is 0.0465. The summed E-state index contributed by atoms with van der Waals surface area (Å²) in [5.41, 5.74) is 0.400. The minimum absolute atomic E-state index is 0.0465. The van der Waals surface area contributed by atoms with Crippen molar-refractivity contribution < 1.29 is 13.5 Å². The molecular weight excluding hydrogens is 270 g/mol. The fourth-order valence-corrected chi connectivity index (χ4v) is 2.49. The van der Waals surface area contributed by atoms with E-state index in [1.807, 2.05) is 6.92 Å². The second kappa shape index (κ2) is 5.41. The van der Waals surface area contributed by atoms with Crippen LogP contribution in [0.2, 0.25) is 0 Å². The monoisotopic (exact) mass is 285 g/mol. The van der Waals surface area contributed by atoms with Crippen LogP contribution in [-0.4, -0.2) is 39.7 Å². The molecule has 0 radical (unpaired) electrons. The first-order valence-corrected chi connectivity index (χ1v) is 7.22. The van der Waals surface area contributed by atoms with Crippen molar-refractivity contribution in [3.05, 3.63) is 24.8 Å². The maximum absolute atomic E-state index is 12.1. The van der Waals surface area contributed by atoms with Crippen LogP contribution in [0.25, 0.3) is 0 Å². The molecule has 0 bridgehead atoms. The topological polar surface area (TPSA) is 102 Å². The van der Waals surface area contributed by atoms with Gasteiger partial charge < -0.3 is 5.11 Å². The Labute approximate surface area is 110 Å². The van der Waals surface area contributed by atoms with Crippen molar-refractivity contribution in [2.45, 2.75) is 24.9 Å². The number of aliphatic hydroxyl groups is 1. The van der Waals surface area contributed by atoms with Crippen molar-refractivity contribution in [1.82, 2.24) is 19.6 Å². The number of hydrogen-bond acceptors (Lipinski definition) is 5. The molecule has 2 N–H and O–H groups in total. The first-order chi connectivity index (χ1) is 9.05. The van der Waals surface area contributed by atoms with Crippen LogP contribution in [0.15, 0.2) is 29.7 Å². The molecule has 2 heterocycles. The number of nitrogens with one attached hydrogen (secondary N) is 1. The van der Waals surface area contributed by atoms with E-state index in [2.05, 4.69) is 14.9 Å². The molecule has 0 fully saturated rings. The van der Waals surface area contributed by atoms with Crippen LogP contribution in [0.4, 0.5) is 5.69 Å². The smallest absolute Gasteiger partial charge is 0.265 e. The first-order valence-electron chi connectivity index (χ1n) is 5.73. The van der Waals surface area contributed by atoms with Gasteiger partial charge in [-0.3, -0.25) is 14.1 Å². The van der Waals surface area contributed by atoms with Gasteiger partial charge in [0.25, 0.3) is 10.0 Å². The lowest BCUT2D eigenvalue weighted by Gasteiger charge is -2.02. The highest BCUT2D eigenvalue weighted by Gasteiger charge is 2.17. The van der Waals surface area contributed by atoms with E-state index in [-0.39, 0.29) is 18.0 Å². The molecule has 0 aliphatic heterocycles. The first kappa shape index (κ1) is 13.6. The van der Waals surface area contributed by atoms with Crippen molar-refractivity contribution in [3.8, 4) is 0 Å². The molecule has 0 aliphatic rings. The van der Waals surface area contributed by atoms with Gasteiger partial charge in [0.05, 0.1) is 31.2 Å². The van der Waals surface area contributed by atoms with Crippen molar-refractivity contribution in [2.24, 2.45) is 0 Å². The average Bonchev–Trinajstić information content (AvgIpc) is 2.98. The Hall–Kier alpha value is -1.87. The summed E-state index contributed by atoms with van der Waals surface area (Å²) in [6, 6.07) is 0. The summed E-state index contributed by atoms with van der Waals surface area (Å²) in [5, 5.41) is 16.6. The number of nitrogens with zero attached hydrogens (tertiary/aromatic N) is 4. The van der Waals surface area contributed by atoms with Crippen molar-refractivity contribution in [3.63, 3.8) is 0 Å². The third kappa shape index (κ3) is 3.12. The van der Waals surface area contributed by atoms with Gasteiger partial charge in [0.1, 0.15) is 4.90 Å². The molecule has 0 amide bonds. The fourth-order valence-electron chi connectivity index (χ4n) is 1.51. The van der Waals surface area contributed by atoms with E-state index in [9.17, 15) is 8.42 Å². The lowest BCUT2D eigenvalue weighted by molar-refractivity contribution is 0.269. The Bertz CT molecular complexity index is 646. The highest BCUT2D eigenvalue weighted by molar-refractivity contribution is 7.92. The highest BCUT2D eigenvalue weighted by Crippen LogP contribution is 2.14. The van der Waals surface area contributed by atoms with Crippen LogP contribution in [0.5, 0.6) is 0 Å². The number of hydrogen-bond donors (Lipinski definition) is 2. The molecule has 19 heavy (non-hydrogen) atoms. The number of aliphatic hydroxyl groups excluding tert-OH is 1. The zero-order valence-corrected chi connectivity index (χ0v) is 11.2. The lowest BCUT2D eigenvalue weighted by atomic mass is 10.6. The third-order valence-corrected chi connectivity index (χ3v) is 3.79. The van der Waals surface area contributed by atoms with Gasteiger partial charge in [0.15, 0.2) is 0 Å². The van der Waals surface area contributed by atoms with Crippen LogP contribution in [0, 0.1) is 0 Å². The maximum atomic E-state index is 12.1. The molecule has 2 rings (SSSR count). The van der Waals surface area contributed by atoms with Gasteiger partial charge in [-0.25, -0.2) is 8.42 Å². The fraction of sp³-hybridized carbons (Fsp3) is 0.400. The Morgan fingerprint density at radius 2 is 2.00 bits per heavy atom. The molecular formula is C10H15N5O3S. The predicted octanol–water partition coefficient (Wildman–Crippen LogP) is -0.107. The molecule has 2 aromatic rings. The highest BCUT2D eigenvalue weighted by atomic mass is 32.2. The van der Waals surface area contributed by atoms with Crippen molar-refractivity contribution in [1.29, 1.82) is 0 Å². The maximum Gasteiger partial charge on any atom is 0.265 e. The van der Waals surface area contributed by atoms with Crippen LogP contribution < -0.4 is 4.72 Å². The second-order valence-electron chi connectivity index (χ2n) is 3.85. The van der Waals surface area contributed by atoms with E-state index in [0.717, 1.165) is 0 Å². The van der Waals surface area contributed by atoms with Gasteiger partial charge in [-0.1, -0.05) is 0 Å². The van der Waals surface area contributed by atoms with E-state index in [0.29, 0.717) is 12.2 Å². The van der Waals surface area contributed by atoms with E-state index >= 15 is 0 Å². The molecule has 9 heteroatoms. The predicted molar refractivity (Wildman–Crippen MR) is 68.0 cm³/mol.